The van der Waals surface area contributed by atoms with E-state index in [1.165, 1.54) is 54.7 Å². The van der Waals surface area contributed by atoms with E-state index in [9.17, 15) is 4.79 Å². The maximum atomic E-state index is 10.7. The van der Waals surface area contributed by atoms with Crippen LogP contribution in [0.2, 0.25) is 5.32 Å². The summed E-state index contributed by atoms with van der Waals surface area (Å²) < 4.78 is 6.35. The fourth-order valence-electron chi connectivity index (χ4n) is 2.35. The van der Waals surface area contributed by atoms with Gasteiger partial charge < -0.3 is 0 Å². The SMILES string of the molecule is C#CC(=O)OCCCCCCCCCCC[Se]c1ccccc1. The fraction of sp³-hybridized carbons (Fsp3) is 0.550. The van der Waals surface area contributed by atoms with Crippen LogP contribution in [-0.2, 0) is 9.53 Å². The van der Waals surface area contributed by atoms with E-state index in [0.29, 0.717) is 21.6 Å². The average Bonchev–Trinajstić information content (AvgIpc) is 2.59. The van der Waals surface area contributed by atoms with Crippen LogP contribution in [0.1, 0.15) is 57.8 Å². The number of ether oxygens (including phenoxy) is 1. The van der Waals surface area contributed by atoms with Crippen molar-refractivity contribution in [1.82, 2.24) is 0 Å². The molecular weight excluding hydrogens is 351 g/mol. The van der Waals surface area contributed by atoms with Gasteiger partial charge in [-0.3, -0.25) is 0 Å². The van der Waals surface area contributed by atoms with E-state index in [1.54, 1.807) is 0 Å². The molecule has 0 amide bonds. The second kappa shape index (κ2) is 14.4. The molecule has 126 valence electrons. The summed E-state index contributed by atoms with van der Waals surface area (Å²) in [5.41, 5.74) is 0. The Kier molecular flexibility index (Phi) is 12.4. The Hall–Kier alpha value is -1.23. The van der Waals surface area contributed by atoms with Crippen LogP contribution in [0, 0.1) is 12.3 Å². The molecule has 1 aromatic rings. The first-order chi connectivity index (χ1) is 11.3. The molecule has 0 N–H and O–H groups in total. The number of hydrogen-bond donors (Lipinski definition) is 0. The van der Waals surface area contributed by atoms with E-state index in [0.717, 1.165) is 12.8 Å². The number of benzene rings is 1. The van der Waals surface area contributed by atoms with Crippen molar-refractivity contribution in [3.8, 4) is 12.3 Å². The third-order valence-electron chi connectivity index (χ3n) is 3.65. The van der Waals surface area contributed by atoms with E-state index in [1.807, 2.05) is 5.92 Å². The monoisotopic (exact) mass is 380 g/mol. The second-order valence-electron chi connectivity index (χ2n) is 5.62. The minimum absolute atomic E-state index is 0.464. The van der Waals surface area contributed by atoms with Crippen LogP contribution >= 0.6 is 0 Å². The molecule has 0 spiro atoms. The van der Waals surface area contributed by atoms with Crippen LogP contribution in [0.15, 0.2) is 30.3 Å². The molecule has 0 saturated carbocycles. The van der Waals surface area contributed by atoms with E-state index >= 15 is 0 Å². The van der Waals surface area contributed by atoms with Gasteiger partial charge in [-0.25, -0.2) is 4.79 Å². The summed E-state index contributed by atoms with van der Waals surface area (Å²) in [5, 5.41) is 1.37. The van der Waals surface area contributed by atoms with Crippen molar-refractivity contribution in [3.05, 3.63) is 30.3 Å². The maximum absolute atomic E-state index is 10.7. The van der Waals surface area contributed by atoms with Crippen LogP contribution in [0.4, 0.5) is 0 Å². The van der Waals surface area contributed by atoms with Crippen molar-refractivity contribution in [3.63, 3.8) is 0 Å². The summed E-state index contributed by atoms with van der Waals surface area (Å²) in [6.45, 7) is 0.464. The van der Waals surface area contributed by atoms with Gasteiger partial charge in [0.15, 0.2) is 0 Å². The summed E-state index contributed by atoms with van der Waals surface area (Å²) in [7, 11) is 0. The molecule has 23 heavy (non-hydrogen) atoms. The summed E-state index contributed by atoms with van der Waals surface area (Å²) in [6.07, 6.45) is 16.3. The van der Waals surface area contributed by atoms with Crippen LogP contribution in [-0.4, -0.2) is 27.5 Å². The molecule has 0 saturated heterocycles. The first-order valence-electron chi connectivity index (χ1n) is 8.64. The number of unbranched alkanes of at least 4 members (excludes halogenated alkanes) is 8. The van der Waals surface area contributed by atoms with Gasteiger partial charge in [0.05, 0.1) is 0 Å². The molecule has 1 aromatic carbocycles. The van der Waals surface area contributed by atoms with Crippen molar-refractivity contribution in [2.24, 2.45) is 0 Å². The van der Waals surface area contributed by atoms with Gasteiger partial charge in [-0.15, -0.1) is 6.42 Å². The molecule has 0 aliphatic heterocycles. The van der Waals surface area contributed by atoms with Crippen LogP contribution < -0.4 is 4.46 Å². The molecule has 3 heteroatoms. The van der Waals surface area contributed by atoms with Gasteiger partial charge in [0, 0.05) is 5.92 Å². The number of carbonyl (C=O) groups excluding carboxylic acids is 1. The quantitative estimate of drug-likeness (QED) is 0.169. The number of esters is 1. The van der Waals surface area contributed by atoms with Crippen molar-refractivity contribution in [2.45, 2.75) is 63.1 Å². The Morgan fingerprint density at radius 1 is 0.913 bits per heavy atom. The summed E-state index contributed by atoms with van der Waals surface area (Å²) in [4.78, 5) is 10.7. The molecule has 0 fully saturated rings. The summed E-state index contributed by atoms with van der Waals surface area (Å²) in [6, 6.07) is 10.8. The average molecular weight is 379 g/mol. The number of terminal acetylenes is 1. The Morgan fingerprint density at radius 2 is 1.48 bits per heavy atom. The minimum atomic E-state index is -0.543. The Morgan fingerprint density at radius 3 is 2.09 bits per heavy atom. The zero-order valence-electron chi connectivity index (χ0n) is 14.0. The third kappa shape index (κ3) is 11.9. The van der Waals surface area contributed by atoms with Gasteiger partial charge in [0.1, 0.15) is 0 Å². The van der Waals surface area contributed by atoms with Gasteiger partial charge in [0.2, 0.25) is 0 Å². The molecule has 0 atom stereocenters. The summed E-state index contributed by atoms with van der Waals surface area (Å²) in [5.74, 6) is 1.41. The van der Waals surface area contributed by atoms with Crippen LogP contribution in [0.25, 0.3) is 0 Å². The van der Waals surface area contributed by atoms with Crippen LogP contribution in [0.5, 0.6) is 0 Å². The first-order valence-corrected chi connectivity index (χ1v) is 10.7. The normalized spacial score (nSPS) is 10.2. The van der Waals surface area contributed by atoms with E-state index in [2.05, 4.69) is 30.3 Å². The van der Waals surface area contributed by atoms with E-state index in [4.69, 9.17) is 11.2 Å². The molecule has 2 nitrogen and oxygen atoms in total. The van der Waals surface area contributed by atoms with E-state index in [-0.39, 0.29) is 0 Å². The van der Waals surface area contributed by atoms with Gasteiger partial charge in [-0.05, 0) is 0 Å². The first kappa shape index (κ1) is 19.8. The standard InChI is InChI=1S/C20H28O2Se/c1-2-20(21)22-17-13-8-6-4-3-5-7-9-14-18-23-19-15-11-10-12-16-19/h1,10-12,15-16H,3-9,13-14,17-18H2. The topological polar surface area (TPSA) is 26.3 Å². The number of carbonyl (C=O) groups is 1. The Labute approximate surface area is 147 Å². The van der Waals surface area contributed by atoms with E-state index < -0.39 is 5.97 Å². The van der Waals surface area contributed by atoms with Gasteiger partial charge in [0.25, 0.3) is 0 Å². The Bertz CT molecular complexity index is 450. The molecule has 0 radical (unpaired) electrons. The molecule has 0 bridgehead atoms. The predicted octanol–water partition coefficient (Wildman–Crippen LogP) is 4.12. The Balaban J connectivity index is 1.77. The van der Waals surface area contributed by atoms with Crippen molar-refractivity contribution in [2.75, 3.05) is 6.61 Å². The van der Waals surface area contributed by atoms with Crippen LogP contribution in [0.3, 0.4) is 0 Å². The molecule has 0 aliphatic rings. The zero-order valence-corrected chi connectivity index (χ0v) is 15.7. The second-order valence-corrected chi connectivity index (χ2v) is 8.07. The number of hydrogen-bond acceptors (Lipinski definition) is 2. The van der Waals surface area contributed by atoms with Gasteiger partial charge in [-0.2, -0.15) is 0 Å². The molecule has 0 unspecified atom stereocenters. The molecule has 0 heterocycles. The third-order valence-corrected chi connectivity index (χ3v) is 5.96. The van der Waals surface area contributed by atoms with Crippen molar-refractivity contribution in [1.29, 1.82) is 0 Å². The molecule has 0 aliphatic carbocycles. The van der Waals surface area contributed by atoms with Gasteiger partial charge in [-0.1, -0.05) is 0 Å². The molecular formula is C20H28O2Se. The zero-order chi connectivity index (χ0) is 16.6. The fourth-order valence-corrected chi connectivity index (χ4v) is 4.31. The van der Waals surface area contributed by atoms with Crippen molar-refractivity contribution < 1.29 is 9.53 Å². The predicted molar refractivity (Wildman–Crippen MR) is 98.0 cm³/mol. The number of rotatable bonds is 13. The molecule has 1 rings (SSSR count). The summed E-state index contributed by atoms with van der Waals surface area (Å²) >= 11 is 0.657. The van der Waals surface area contributed by atoms with Gasteiger partial charge >= 0.3 is 130 Å². The molecule has 0 aromatic heterocycles. The van der Waals surface area contributed by atoms with Crippen molar-refractivity contribution >= 4 is 25.4 Å².